The van der Waals surface area contributed by atoms with Gasteiger partial charge in [-0.05, 0) is 25.2 Å². The molecule has 17 heavy (non-hydrogen) atoms. The van der Waals surface area contributed by atoms with Crippen LogP contribution >= 0.6 is 11.6 Å². The maximum Gasteiger partial charge on any atom is 0.279 e. The van der Waals surface area contributed by atoms with Gasteiger partial charge in [0.1, 0.15) is 0 Å². The molecule has 1 heterocycles. The lowest BCUT2D eigenvalue weighted by Gasteiger charge is -2.26. The summed E-state index contributed by atoms with van der Waals surface area (Å²) >= 11 is 6.08. The number of alkyl halides is 1. The Bertz CT molecular complexity index is 313. The summed E-state index contributed by atoms with van der Waals surface area (Å²) in [6.45, 7) is 5.74. The molecule has 1 atom stereocenters. The Morgan fingerprint density at radius 2 is 1.82 bits per heavy atom. The van der Waals surface area contributed by atoms with Crippen molar-refractivity contribution in [3.63, 3.8) is 0 Å². The van der Waals surface area contributed by atoms with Gasteiger partial charge in [0.15, 0.2) is 0 Å². The summed E-state index contributed by atoms with van der Waals surface area (Å²) in [5, 5.41) is -0.130. The van der Waals surface area contributed by atoms with Crippen LogP contribution in [-0.4, -0.2) is 37.7 Å². The summed E-state index contributed by atoms with van der Waals surface area (Å²) in [5.74, 6) is 0.483. The lowest BCUT2D eigenvalue weighted by atomic mass is 10.1. The summed E-state index contributed by atoms with van der Waals surface area (Å²) in [6, 6.07) is 0. The van der Waals surface area contributed by atoms with Crippen LogP contribution in [0.25, 0.3) is 0 Å². The summed E-state index contributed by atoms with van der Waals surface area (Å²) in [5.41, 5.74) is 0. The van der Waals surface area contributed by atoms with Crippen LogP contribution in [0.1, 0.15) is 39.5 Å². The van der Waals surface area contributed by atoms with E-state index in [1.807, 2.05) is 0 Å². The highest BCUT2D eigenvalue weighted by Gasteiger charge is 2.24. The van der Waals surface area contributed by atoms with Gasteiger partial charge in [-0.2, -0.15) is 12.7 Å². The zero-order valence-electron chi connectivity index (χ0n) is 10.7. The Balaban J connectivity index is 2.38. The highest BCUT2D eigenvalue weighted by atomic mass is 35.5. The first kappa shape index (κ1) is 15.2. The van der Waals surface area contributed by atoms with Gasteiger partial charge in [-0.1, -0.05) is 20.3 Å². The van der Waals surface area contributed by atoms with E-state index in [-0.39, 0.29) is 5.38 Å². The van der Waals surface area contributed by atoms with Gasteiger partial charge in [-0.25, -0.2) is 4.72 Å². The topological polar surface area (TPSA) is 49.4 Å². The molecule has 0 saturated carbocycles. The molecule has 1 aliphatic heterocycles. The second kappa shape index (κ2) is 6.92. The third-order valence-electron chi connectivity index (χ3n) is 2.87. The second-order valence-electron chi connectivity index (χ2n) is 5.04. The monoisotopic (exact) mass is 282 g/mol. The fourth-order valence-corrected chi connectivity index (χ4v) is 3.85. The van der Waals surface area contributed by atoms with Crippen LogP contribution in [0.15, 0.2) is 0 Å². The molecule has 0 aliphatic carbocycles. The number of halogens is 1. The van der Waals surface area contributed by atoms with Gasteiger partial charge >= 0.3 is 0 Å². The van der Waals surface area contributed by atoms with Crippen molar-refractivity contribution in [2.24, 2.45) is 5.92 Å². The molecule has 1 unspecified atom stereocenters. The fourth-order valence-electron chi connectivity index (χ4n) is 1.99. The molecular weight excluding hydrogens is 260 g/mol. The van der Waals surface area contributed by atoms with E-state index in [9.17, 15) is 8.42 Å². The molecule has 1 rings (SSSR count). The lowest BCUT2D eigenvalue weighted by molar-refractivity contribution is 0.341. The molecule has 0 spiro atoms. The van der Waals surface area contributed by atoms with E-state index < -0.39 is 10.2 Å². The maximum atomic E-state index is 11.9. The van der Waals surface area contributed by atoms with Crippen molar-refractivity contribution in [1.29, 1.82) is 0 Å². The van der Waals surface area contributed by atoms with Gasteiger partial charge in [0.25, 0.3) is 10.2 Å². The fraction of sp³-hybridized carbons (Fsp3) is 1.00. The first-order valence-electron chi connectivity index (χ1n) is 6.30. The van der Waals surface area contributed by atoms with E-state index in [0.717, 1.165) is 25.7 Å². The number of rotatable bonds is 6. The number of hydrogen-bond acceptors (Lipinski definition) is 2. The molecule has 1 aliphatic rings. The number of hydrogen-bond donors (Lipinski definition) is 1. The quantitative estimate of drug-likeness (QED) is 0.757. The zero-order chi connectivity index (χ0) is 12.9. The SMILES string of the molecule is CC(C)CC(Cl)CNS(=O)(=O)N1CCCCC1. The predicted octanol–water partition coefficient (Wildman–Crippen LogP) is 1.96. The minimum absolute atomic E-state index is 0.130. The van der Waals surface area contributed by atoms with Crippen LogP contribution < -0.4 is 4.72 Å². The van der Waals surface area contributed by atoms with Crippen molar-refractivity contribution < 1.29 is 8.42 Å². The predicted molar refractivity (Wildman–Crippen MR) is 71.4 cm³/mol. The van der Waals surface area contributed by atoms with Gasteiger partial charge in [0.05, 0.1) is 0 Å². The van der Waals surface area contributed by atoms with Crippen molar-refractivity contribution in [3.8, 4) is 0 Å². The largest absolute Gasteiger partial charge is 0.279 e. The Kier molecular flexibility index (Phi) is 6.20. The molecule has 6 heteroatoms. The van der Waals surface area contributed by atoms with Crippen molar-refractivity contribution in [1.82, 2.24) is 9.03 Å². The average Bonchev–Trinajstić information content (AvgIpc) is 2.27. The molecule has 0 aromatic carbocycles. The minimum atomic E-state index is -3.32. The van der Waals surface area contributed by atoms with E-state index in [2.05, 4.69) is 18.6 Å². The zero-order valence-corrected chi connectivity index (χ0v) is 12.2. The molecule has 0 radical (unpaired) electrons. The molecule has 4 nitrogen and oxygen atoms in total. The van der Waals surface area contributed by atoms with Gasteiger partial charge in [-0.15, -0.1) is 11.6 Å². The molecule has 1 fully saturated rings. The van der Waals surface area contributed by atoms with Crippen molar-refractivity contribution in [2.75, 3.05) is 19.6 Å². The summed E-state index contributed by atoms with van der Waals surface area (Å²) in [7, 11) is -3.32. The summed E-state index contributed by atoms with van der Waals surface area (Å²) < 4.78 is 28.0. The minimum Gasteiger partial charge on any atom is -0.201 e. The molecule has 1 saturated heterocycles. The van der Waals surface area contributed by atoms with Crippen LogP contribution in [0.4, 0.5) is 0 Å². The average molecular weight is 283 g/mol. The van der Waals surface area contributed by atoms with Crippen LogP contribution in [0, 0.1) is 5.92 Å². The van der Waals surface area contributed by atoms with Crippen LogP contribution in [-0.2, 0) is 10.2 Å². The van der Waals surface area contributed by atoms with Crippen LogP contribution in [0.3, 0.4) is 0 Å². The van der Waals surface area contributed by atoms with Crippen LogP contribution in [0.2, 0.25) is 0 Å². The Morgan fingerprint density at radius 3 is 2.35 bits per heavy atom. The maximum absolute atomic E-state index is 11.9. The van der Waals surface area contributed by atoms with E-state index >= 15 is 0 Å². The Hall–Kier alpha value is 0.160. The Morgan fingerprint density at radius 1 is 1.24 bits per heavy atom. The highest BCUT2D eigenvalue weighted by molar-refractivity contribution is 7.87. The lowest BCUT2D eigenvalue weighted by Crippen LogP contribution is -2.45. The van der Waals surface area contributed by atoms with Gasteiger partial charge in [-0.3, -0.25) is 0 Å². The highest BCUT2D eigenvalue weighted by Crippen LogP contribution is 2.13. The van der Waals surface area contributed by atoms with E-state index in [1.54, 1.807) is 0 Å². The smallest absolute Gasteiger partial charge is 0.201 e. The van der Waals surface area contributed by atoms with Gasteiger partial charge < -0.3 is 0 Å². The third-order valence-corrected chi connectivity index (χ3v) is 4.78. The second-order valence-corrected chi connectivity index (χ2v) is 7.41. The van der Waals surface area contributed by atoms with E-state index in [0.29, 0.717) is 25.6 Å². The summed E-state index contributed by atoms with van der Waals surface area (Å²) in [4.78, 5) is 0. The van der Waals surface area contributed by atoms with Gasteiger partial charge in [0, 0.05) is 25.0 Å². The first-order valence-corrected chi connectivity index (χ1v) is 8.18. The first-order chi connectivity index (χ1) is 7.92. The number of piperidine rings is 1. The van der Waals surface area contributed by atoms with Crippen LogP contribution in [0.5, 0.6) is 0 Å². The summed E-state index contributed by atoms with van der Waals surface area (Å²) in [6.07, 6.45) is 3.86. The normalized spacial score (nSPS) is 20.7. The molecule has 102 valence electrons. The molecule has 0 amide bonds. The Labute approximate surface area is 110 Å². The molecule has 0 aromatic rings. The van der Waals surface area contributed by atoms with E-state index in [4.69, 9.17) is 11.6 Å². The standard InChI is InChI=1S/C11H23ClN2O2S/c1-10(2)8-11(12)9-13-17(15,16)14-6-4-3-5-7-14/h10-11,13H,3-9H2,1-2H3. The molecule has 1 N–H and O–H groups in total. The molecular formula is C11H23ClN2O2S. The third kappa shape index (κ3) is 5.55. The molecule has 0 aromatic heterocycles. The van der Waals surface area contributed by atoms with Crippen molar-refractivity contribution in [2.45, 2.75) is 44.9 Å². The van der Waals surface area contributed by atoms with Crippen molar-refractivity contribution in [3.05, 3.63) is 0 Å². The van der Waals surface area contributed by atoms with E-state index in [1.165, 1.54) is 4.31 Å². The number of nitrogens with zero attached hydrogens (tertiary/aromatic N) is 1. The van der Waals surface area contributed by atoms with Crippen molar-refractivity contribution >= 4 is 21.8 Å². The number of nitrogens with one attached hydrogen (secondary N) is 1. The van der Waals surface area contributed by atoms with Gasteiger partial charge in [0.2, 0.25) is 0 Å². The molecule has 0 bridgehead atoms.